The van der Waals surface area contributed by atoms with E-state index in [0.717, 1.165) is 68.6 Å². The summed E-state index contributed by atoms with van der Waals surface area (Å²) in [5, 5.41) is 4.38. The Labute approximate surface area is 209 Å². The molecule has 1 aromatic heterocycles. The average Bonchev–Trinajstić information content (AvgIpc) is 3.13. The zero-order valence-corrected chi connectivity index (χ0v) is 21.0. The number of benzene rings is 2. The van der Waals surface area contributed by atoms with Gasteiger partial charge in [0.15, 0.2) is 0 Å². The van der Waals surface area contributed by atoms with Gasteiger partial charge in [-0.25, -0.2) is 4.98 Å². The van der Waals surface area contributed by atoms with Crippen LogP contribution in [0.3, 0.4) is 0 Å². The molecule has 3 aromatic rings. The first-order valence-corrected chi connectivity index (χ1v) is 12.7. The maximum atomic E-state index is 13.1. The number of amides is 1. The fourth-order valence-corrected chi connectivity index (χ4v) is 5.37. The summed E-state index contributed by atoms with van der Waals surface area (Å²) < 4.78 is 6.06. The lowest BCUT2D eigenvalue weighted by atomic mass is 9.99. The Morgan fingerprint density at radius 3 is 2.83 bits per heavy atom. The van der Waals surface area contributed by atoms with E-state index in [1.54, 1.807) is 12.1 Å². The molecule has 0 radical (unpaired) electrons. The van der Waals surface area contributed by atoms with Crippen molar-refractivity contribution in [2.45, 2.75) is 57.6 Å². The van der Waals surface area contributed by atoms with Gasteiger partial charge >= 0.3 is 0 Å². The first-order chi connectivity index (χ1) is 16.8. The van der Waals surface area contributed by atoms with E-state index in [9.17, 15) is 9.59 Å². The third kappa shape index (κ3) is 5.36. The summed E-state index contributed by atoms with van der Waals surface area (Å²) in [7, 11) is 0. The van der Waals surface area contributed by atoms with Gasteiger partial charge in [0.1, 0.15) is 17.2 Å². The second kappa shape index (κ2) is 9.63. The number of nitrogens with zero attached hydrogens (tertiary/aromatic N) is 2. The lowest BCUT2D eigenvalue weighted by Crippen LogP contribution is -2.45. The summed E-state index contributed by atoms with van der Waals surface area (Å²) in [4.78, 5) is 35.2. The minimum atomic E-state index is -0.331. The van der Waals surface area contributed by atoms with Gasteiger partial charge in [-0.1, -0.05) is 23.7 Å². The normalized spacial score (nSPS) is 17.8. The number of halogens is 1. The van der Waals surface area contributed by atoms with E-state index >= 15 is 0 Å². The lowest BCUT2D eigenvalue weighted by Gasteiger charge is -2.32. The standard InChI is InChI=1S/C27H31ClN4O3/c1-27(2)16-17-14-18(28)15-21(24(17)35-27)26(34)29-19-9-12-32(13-10-19)11-5-8-23-30-22-7-4-3-6-20(22)25(33)31-23/h3-4,6-7,14-15,19H,5,8-13,16H2,1-2H3,(H,29,34)(H,30,31,33). The van der Waals surface area contributed by atoms with Crippen molar-refractivity contribution in [1.29, 1.82) is 0 Å². The smallest absolute Gasteiger partial charge is 0.258 e. The Balaban J connectivity index is 1.12. The summed E-state index contributed by atoms with van der Waals surface area (Å²) in [5.74, 6) is 1.27. The van der Waals surface area contributed by atoms with Crippen LogP contribution in [0.5, 0.6) is 5.75 Å². The number of piperidine rings is 1. The van der Waals surface area contributed by atoms with Crippen LogP contribution in [-0.4, -0.2) is 52.1 Å². The maximum absolute atomic E-state index is 13.1. The molecule has 0 atom stereocenters. The summed E-state index contributed by atoms with van der Waals surface area (Å²) in [6, 6.07) is 11.1. The molecule has 8 heteroatoms. The summed E-state index contributed by atoms with van der Waals surface area (Å²) >= 11 is 6.29. The molecule has 1 saturated heterocycles. The Kier molecular flexibility index (Phi) is 6.55. The number of aromatic nitrogens is 2. The fraction of sp³-hybridized carbons (Fsp3) is 0.444. The monoisotopic (exact) mass is 494 g/mol. The molecule has 2 aromatic carbocycles. The molecule has 0 bridgehead atoms. The van der Waals surface area contributed by atoms with Gasteiger partial charge in [0.25, 0.3) is 11.5 Å². The number of aryl methyl sites for hydroxylation is 1. The molecule has 0 saturated carbocycles. The topological polar surface area (TPSA) is 87.3 Å². The quantitative estimate of drug-likeness (QED) is 0.538. The predicted molar refractivity (Wildman–Crippen MR) is 137 cm³/mol. The van der Waals surface area contributed by atoms with E-state index in [-0.39, 0.29) is 23.1 Å². The maximum Gasteiger partial charge on any atom is 0.258 e. The molecule has 0 aliphatic carbocycles. The van der Waals surface area contributed by atoms with Crippen LogP contribution in [0.4, 0.5) is 0 Å². The zero-order valence-electron chi connectivity index (χ0n) is 20.2. The number of rotatable bonds is 6. The van der Waals surface area contributed by atoms with Crippen molar-refractivity contribution >= 4 is 28.4 Å². The Morgan fingerprint density at radius 2 is 2.03 bits per heavy atom. The largest absolute Gasteiger partial charge is 0.486 e. The molecule has 184 valence electrons. The van der Waals surface area contributed by atoms with Gasteiger partial charge < -0.3 is 19.9 Å². The number of hydrogen-bond acceptors (Lipinski definition) is 5. The van der Waals surface area contributed by atoms with Crippen LogP contribution in [0.25, 0.3) is 10.9 Å². The summed E-state index contributed by atoms with van der Waals surface area (Å²) in [6.45, 7) is 6.81. The number of carbonyl (C=O) groups excluding carboxylic acids is 1. The van der Waals surface area contributed by atoms with Crippen LogP contribution in [0.1, 0.15) is 54.9 Å². The van der Waals surface area contributed by atoms with Crippen molar-refractivity contribution < 1.29 is 9.53 Å². The first-order valence-electron chi connectivity index (χ1n) is 12.3. The van der Waals surface area contributed by atoms with Gasteiger partial charge in [-0.2, -0.15) is 0 Å². The van der Waals surface area contributed by atoms with Gasteiger partial charge in [0, 0.05) is 42.6 Å². The van der Waals surface area contributed by atoms with E-state index in [0.29, 0.717) is 21.7 Å². The number of likely N-dealkylation sites (tertiary alicyclic amines) is 1. The molecule has 1 fully saturated rings. The molecule has 0 unspecified atom stereocenters. The van der Waals surface area contributed by atoms with Crippen molar-refractivity contribution in [3.05, 3.63) is 68.7 Å². The highest BCUT2D eigenvalue weighted by molar-refractivity contribution is 6.31. The number of para-hydroxylation sites is 1. The number of aromatic amines is 1. The highest BCUT2D eigenvalue weighted by Gasteiger charge is 2.34. The van der Waals surface area contributed by atoms with Crippen molar-refractivity contribution in [2.24, 2.45) is 0 Å². The van der Waals surface area contributed by atoms with Gasteiger partial charge in [-0.05, 0) is 63.9 Å². The number of ether oxygens (including phenoxy) is 1. The van der Waals surface area contributed by atoms with Gasteiger partial charge in [-0.3, -0.25) is 9.59 Å². The molecule has 3 heterocycles. The van der Waals surface area contributed by atoms with E-state index < -0.39 is 0 Å². The molecule has 2 aliphatic heterocycles. The molecule has 5 rings (SSSR count). The molecule has 35 heavy (non-hydrogen) atoms. The zero-order chi connectivity index (χ0) is 24.6. The van der Waals surface area contributed by atoms with E-state index in [2.05, 4.69) is 20.2 Å². The molecule has 0 spiro atoms. The van der Waals surface area contributed by atoms with Crippen LogP contribution < -0.4 is 15.6 Å². The molecule has 2 N–H and O–H groups in total. The summed E-state index contributed by atoms with van der Waals surface area (Å²) in [6.07, 6.45) is 4.18. The molecule has 2 aliphatic rings. The number of nitrogens with one attached hydrogen (secondary N) is 2. The van der Waals surface area contributed by atoms with Crippen molar-refractivity contribution in [3.63, 3.8) is 0 Å². The third-order valence-corrected chi connectivity index (χ3v) is 7.06. The third-order valence-electron chi connectivity index (χ3n) is 6.84. The fourth-order valence-electron chi connectivity index (χ4n) is 5.13. The SMILES string of the molecule is CC1(C)Cc2cc(Cl)cc(C(=O)NC3CCN(CCCc4nc5ccccc5c(=O)[nH]4)CC3)c2O1. The predicted octanol–water partition coefficient (Wildman–Crippen LogP) is 4.12. The van der Waals surface area contributed by atoms with Crippen LogP contribution in [0, 0.1) is 0 Å². The number of H-pyrrole nitrogens is 1. The van der Waals surface area contributed by atoms with Gasteiger partial charge in [-0.15, -0.1) is 0 Å². The van der Waals surface area contributed by atoms with Crippen molar-refractivity contribution in [2.75, 3.05) is 19.6 Å². The van der Waals surface area contributed by atoms with E-state index in [4.69, 9.17) is 16.3 Å². The lowest BCUT2D eigenvalue weighted by molar-refractivity contribution is 0.0898. The van der Waals surface area contributed by atoms with Gasteiger partial charge in [0.05, 0.1) is 16.5 Å². The van der Waals surface area contributed by atoms with Crippen LogP contribution >= 0.6 is 11.6 Å². The van der Waals surface area contributed by atoms with Crippen LogP contribution in [0.2, 0.25) is 5.02 Å². The molecule has 7 nitrogen and oxygen atoms in total. The first kappa shape index (κ1) is 23.8. The Hall–Kier alpha value is -2.90. The Morgan fingerprint density at radius 1 is 1.26 bits per heavy atom. The number of carbonyl (C=O) groups is 1. The van der Waals surface area contributed by atoms with Crippen molar-refractivity contribution in [1.82, 2.24) is 20.2 Å². The Bertz CT molecular complexity index is 1310. The molecular weight excluding hydrogens is 464 g/mol. The molecular formula is C27H31ClN4O3. The van der Waals surface area contributed by atoms with Crippen LogP contribution in [0.15, 0.2) is 41.2 Å². The highest BCUT2D eigenvalue weighted by atomic mass is 35.5. The van der Waals surface area contributed by atoms with Gasteiger partial charge in [0.2, 0.25) is 0 Å². The van der Waals surface area contributed by atoms with E-state index in [1.165, 1.54) is 0 Å². The summed E-state index contributed by atoms with van der Waals surface area (Å²) in [5.41, 5.74) is 1.84. The van der Waals surface area contributed by atoms with Crippen LogP contribution in [-0.2, 0) is 12.8 Å². The number of hydrogen-bond donors (Lipinski definition) is 2. The molecule has 1 amide bonds. The van der Waals surface area contributed by atoms with Crippen molar-refractivity contribution in [3.8, 4) is 5.75 Å². The minimum Gasteiger partial charge on any atom is -0.486 e. The minimum absolute atomic E-state index is 0.0820. The second-order valence-corrected chi connectivity index (χ2v) is 10.6. The second-order valence-electron chi connectivity index (χ2n) is 10.2. The highest BCUT2D eigenvalue weighted by Crippen LogP contribution is 2.39. The average molecular weight is 495 g/mol. The van der Waals surface area contributed by atoms with E-state index in [1.807, 2.05) is 38.1 Å². The number of fused-ring (bicyclic) bond motifs is 2.